The lowest BCUT2D eigenvalue weighted by Gasteiger charge is -2.30. The van der Waals surface area contributed by atoms with Crippen molar-refractivity contribution in [2.75, 3.05) is 0 Å². The van der Waals surface area contributed by atoms with Gasteiger partial charge < -0.3 is 5.32 Å². The van der Waals surface area contributed by atoms with Gasteiger partial charge in [-0.05, 0) is 31.2 Å². The number of carbonyl (C=O) groups excluding carboxylic acids is 1. The minimum Gasteiger partial charge on any atom is -0.353 e. The second-order valence-corrected chi connectivity index (χ2v) is 5.91. The third-order valence-electron chi connectivity index (χ3n) is 4.59. The molecule has 3 rings (SSSR count). The molecule has 2 aliphatic rings. The van der Waals surface area contributed by atoms with Crippen LogP contribution in [0.4, 0.5) is 0 Å². The first-order chi connectivity index (χ1) is 8.78. The molecule has 1 saturated carbocycles. The lowest BCUT2D eigenvalue weighted by Crippen LogP contribution is -2.33. The van der Waals surface area contributed by atoms with E-state index in [0.29, 0.717) is 11.9 Å². The highest BCUT2D eigenvalue weighted by Crippen LogP contribution is 2.44. The molecule has 1 spiro atoms. The molecule has 1 atom stereocenters. The molecule has 1 aromatic carbocycles. The molecule has 0 bridgehead atoms. The highest BCUT2D eigenvalue weighted by Gasteiger charge is 2.46. The van der Waals surface area contributed by atoms with Crippen molar-refractivity contribution in [2.24, 2.45) is 5.41 Å². The molecule has 2 nitrogen and oxygen atoms in total. The zero-order chi connectivity index (χ0) is 12.4. The fraction of sp³-hybridized carbons (Fsp3) is 0.562. The van der Waals surface area contributed by atoms with Crippen molar-refractivity contribution >= 4 is 5.91 Å². The Balaban J connectivity index is 1.68. The fourth-order valence-electron chi connectivity index (χ4n) is 3.64. The number of hydrogen-bond acceptors (Lipinski definition) is 1. The maximum atomic E-state index is 12.2. The van der Waals surface area contributed by atoms with Crippen LogP contribution in [-0.4, -0.2) is 11.9 Å². The van der Waals surface area contributed by atoms with Crippen LogP contribution >= 0.6 is 0 Å². The van der Waals surface area contributed by atoms with E-state index in [2.05, 4.69) is 29.6 Å². The van der Waals surface area contributed by atoms with E-state index in [1.54, 1.807) is 0 Å². The van der Waals surface area contributed by atoms with Gasteiger partial charge in [-0.25, -0.2) is 0 Å². The van der Waals surface area contributed by atoms with Crippen LogP contribution in [0.5, 0.6) is 0 Å². The molecule has 1 amide bonds. The van der Waals surface area contributed by atoms with E-state index in [1.807, 2.05) is 6.07 Å². The summed E-state index contributed by atoms with van der Waals surface area (Å²) in [5.41, 5.74) is 1.31. The first-order valence-electron chi connectivity index (χ1n) is 7.13. The van der Waals surface area contributed by atoms with Crippen LogP contribution in [0, 0.1) is 5.41 Å². The summed E-state index contributed by atoms with van der Waals surface area (Å²) >= 11 is 0. The molecule has 0 aromatic heterocycles. The molecule has 0 radical (unpaired) electrons. The summed E-state index contributed by atoms with van der Waals surface area (Å²) in [6.07, 6.45) is 7.98. The maximum absolute atomic E-state index is 12.2. The van der Waals surface area contributed by atoms with Crippen molar-refractivity contribution in [3.05, 3.63) is 35.9 Å². The molecule has 1 aliphatic carbocycles. The summed E-state index contributed by atoms with van der Waals surface area (Å²) in [5.74, 6) is 0.322. The first-order valence-corrected chi connectivity index (χ1v) is 7.13. The van der Waals surface area contributed by atoms with Crippen molar-refractivity contribution in [1.29, 1.82) is 0 Å². The van der Waals surface area contributed by atoms with Crippen LogP contribution in [0.15, 0.2) is 30.3 Å². The van der Waals surface area contributed by atoms with E-state index in [4.69, 9.17) is 0 Å². The predicted molar refractivity (Wildman–Crippen MR) is 72.2 cm³/mol. The highest BCUT2D eigenvalue weighted by molar-refractivity contribution is 5.85. The molecule has 1 aliphatic heterocycles. The van der Waals surface area contributed by atoms with Gasteiger partial charge in [0.2, 0.25) is 5.91 Å². The second-order valence-electron chi connectivity index (χ2n) is 5.91. The summed E-state index contributed by atoms with van der Waals surface area (Å²) in [6.45, 7) is 0. The molecular formula is C16H21NO. The first kappa shape index (κ1) is 11.8. The number of amides is 1. The van der Waals surface area contributed by atoms with Gasteiger partial charge >= 0.3 is 0 Å². The normalized spacial score (nSPS) is 26.2. The van der Waals surface area contributed by atoms with Gasteiger partial charge in [0, 0.05) is 6.04 Å². The van der Waals surface area contributed by atoms with Crippen molar-refractivity contribution < 1.29 is 4.79 Å². The van der Waals surface area contributed by atoms with Crippen molar-refractivity contribution in [1.82, 2.24) is 5.32 Å². The Hall–Kier alpha value is -1.31. The van der Waals surface area contributed by atoms with Crippen molar-refractivity contribution in [2.45, 2.75) is 51.0 Å². The quantitative estimate of drug-likeness (QED) is 0.849. The molecule has 96 valence electrons. The largest absolute Gasteiger partial charge is 0.353 e. The smallest absolute Gasteiger partial charge is 0.226 e. The van der Waals surface area contributed by atoms with Gasteiger partial charge in [0.1, 0.15) is 0 Å². The molecular weight excluding hydrogens is 222 g/mol. The Kier molecular flexibility index (Phi) is 3.11. The average molecular weight is 243 g/mol. The molecule has 1 saturated heterocycles. The van der Waals surface area contributed by atoms with E-state index in [1.165, 1.54) is 24.8 Å². The Morgan fingerprint density at radius 2 is 1.83 bits per heavy atom. The summed E-state index contributed by atoms with van der Waals surface area (Å²) in [6, 6.07) is 10.8. The number of rotatable bonds is 2. The SMILES string of the molecule is O=C1NC(Cc2ccccc2)CC12CCCCC2. The van der Waals surface area contributed by atoms with E-state index in [-0.39, 0.29) is 5.41 Å². The lowest BCUT2D eigenvalue weighted by atomic mass is 9.72. The Morgan fingerprint density at radius 1 is 1.11 bits per heavy atom. The van der Waals surface area contributed by atoms with Crippen molar-refractivity contribution in [3.8, 4) is 0 Å². The predicted octanol–water partition coefficient (Wildman–Crippen LogP) is 3.07. The van der Waals surface area contributed by atoms with Gasteiger partial charge in [0.25, 0.3) is 0 Å². The Bertz CT molecular complexity index is 420. The average Bonchev–Trinajstić information content (AvgIpc) is 2.68. The minimum absolute atomic E-state index is 0.0162. The summed E-state index contributed by atoms with van der Waals surface area (Å²) in [5, 5.41) is 3.22. The zero-order valence-corrected chi connectivity index (χ0v) is 10.8. The third-order valence-corrected chi connectivity index (χ3v) is 4.59. The van der Waals surface area contributed by atoms with Crippen LogP contribution in [0.3, 0.4) is 0 Å². The maximum Gasteiger partial charge on any atom is 0.226 e. The van der Waals surface area contributed by atoms with E-state index in [9.17, 15) is 4.79 Å². The molecule has 2 fully saturated rings. The molecule has 18 heavy (non-hydrogen) atoms. The van der Waals surface area contributed by atoms with Crippen LogP contribution in [0.2, 0.25) is 0 Å². The Morgan fingerprint density at radius 3 is 2.56 bits per heavy atom. The van der Waals surface area contributed by atoms with Gasteiger partial charge in [0.05, 0.1) is 5.41 Å². The van der Waals surface area contributed by atoms with Crippen LogP contribution in [0.25, 0.3) is 0 Å². The number of carbonyl (C=O) groups is 1. The monoisotopic (exact) mass is 243 g/mol. The van der Waals surface area contributed by atoms with Crippen LogP contribution < -0.4 is 5.32 Å². The summed E-state index contributed by atoms with van der Waals surface area (Å²) in [4.78, 5) is 12.2. The lowest BCUT2D eigenvalue weighted by molar-refractivity contribution is -0.129. The molecule has 1 N–H and O–H groups in total. The molecule has 1 aromatic rings. The van der Waals surface area contributed by atoms with E-state index < -0.39 is 0 Å². The van der Waals surface area contributed by atoms with Gasteiger partial charge in [0.15, 0.2) is 0 Å². The summed E-state index contributed by atoms with van der Waals surface area (Å²) in [7, 11) is 0. The molecule has 2 heteroatoms. The van der Waals surface area contributed by atoms with Gasteiger partial charge in [-0.3, -0.25) is 4.79 Å². The van der Waals surface area contributed by atoms with Crippen LogP contribution in [-0.2, 0) is 11.2 Å². The van der Waals surface area contributed by atoms with Gasteiger partial charge in [-0.15, -0.1) is 0 Å². The zero-order valence-electron chi connectivity index (χ0n) is 10.8. The van der Waals surface area contributed by atoms with E-state index >= 15 is 0 Å². The third kappa shape index (κ3) is 2.16. The number of nitrogens with one attached hydrogen (secondary N) is 1. The second kappa shape index (κ2) is 4.75. The Labute approximate surface area is 109 Å². The number of hydrogen-bond donors (Lipinski definition) is 1. The van der Waals surface area contributed by atoms with E-state index in [0.717, 1.165) is 25.7 Å². The van der Waals surface area contributed by atoms with Crippen LogP contribution in [0.1, 0.15) is 44.1 Å². The fourth-order valence-corrected chi connectivity index (χ4v) is 3.64. The highest BCUT2D eigenvalue weighted by atomic mass is 16.2. The molecule has 1 heterocycles. The number of benzene rings is 1. The summed E-state index contributed by atoms with van der Waals surface area (Å²) < 4.78 is 0. The van der Waals surface area contributed by atoms with Crippen molar-refractivity contribution in [3.63, 3.8) is 0 Å². The topological polar surface area (TPSA) is 29.1 Å². The molecule has 1 unspecified atom stereocenters. The minimum atomic E-state index is -0.0162. The van der Waals surface area contributed by atoms with Gasteiger partial charge in [-0.1, -0.05) is 49.6 Å². The van der Waals surface area contributed by atoms with Gasteiger partial charge in [-0.2, -0.15) is 0 Å². The standard InChI is InChI=1S/C16H21NO/c18-15-16(9-5-2-6-10-16)12-14(17-15)11-13-7-3-1-4-8-13/h1,3-4,7-8,14H,2,5-6,9-12H2,(H,17,18).